The minimum Gasteiger partial charge on any atom is -0.357 e. The molecule has 7 heteroatoms. The van der Waals surface area contributed by atoms with E-state index in [4.69, 9.17) is 0 Å². The molecule has 0 aromatic carbocycles. The van der Waals surface area contributed by atoms with Gasteiger partial charge in [-0.05, 0) is 0 Å². The number of hydrogen-bond acceptors (Lipinski definition) is 4. The summed E-state index contributed by atoms with van der Waals surface area (Å²) in [5.74, 6) is -0.681. The van der Waals surface area contributed by atoms with E-state index < -0.39 is 18.8 Å². The number of nitrogens with one attached hydrogen (secondary N) is 1. The molecule has 0 aliphatic carbocycles. The summed E-state index contributed by atoms with van der Waals surface area (Å²) in [6.45, 7) is -0.572. The molecule has 1 N–H and O–H groups in total. The average molecular weight is 220 g/mol. The van der Waals surface area contributed by atoms with E-state index in [1.807, 2.05) is 0 Å². The molecule has 0 fully saturated rings. The molecule has 0 aliphatic rings. The maximum atomic E-state index is 13.2. The lowest BCUT2D eigenvalue weighted by molar-refractivity contribution is 0.156. The highest BCUT2D eigenvalue weighted by atomic mass is 19.3. The molecule has 1 aromatic rings. The predicted octanol–water partition coefficient (Wildman–Crippen LogP) is 1.36. The van der Waals surface area contributed by atoms with Crippen LogP contribution in [-0.2, 0) is 0 Å². The topological polar surface area (TPSA) is 41.1 Å². The van der Waals surface area contributed by atoms with Crippen molar-refractivity contribution in [1.29, 1.82) is 0 Å². The molecule has 0 saturated heterocycles. The maximum Gasteiger partial charge on any atom is 0.255 e. The van der Waals surface area contributed by atoms with Gasteiger partial charge in [0.1, 0.15) is 0 Å². The van der Waals surface area contributed by atoms with E-state index in [2.05, 4.69) is 15.3 Å². The van der Waals surface area contributed by atoms with Crippen LogP contribution in [0.5, 0.6) is 0 Å². The lowest BCUT2D eigenvalue weighted by Crippen LogP contribution is -2.26. The van der Waals surface area contributed by atoms with Gasteiger partial charge in [0.2, 0.25) is 5.95 Å². The van der Waals surface area contributed by atoms with Crippen LogP contribution in [-0.4, -0.2) is 37.0 Å². The van der Waals surface area contributed by atoms with Crippen molar-refractivity contribution in [3.05, 3.63) is 12.0 Å². The zero-order valence-corrected chi connectivity index (χ0v) is 8.34. The van der Waals surface area contributed by atoms with E-state index >= 15 is 0 Å². The third-order valence-electron chi connectivity index (χ3n) is 1.72. The van der Waals surface area contributed by atoms with Crippen molar-refractivity contribution in [2.45, 2.75) is 6.43 Å². The number of anilines is 2. The van der Waals surface area contributed by atoms with E-state index in [0.29, 0.717) is 0 Å². The van der Waals surface area contributed by atoms with Crippen LogP contribution in [0.2, 0.25) is 0 Å². The van der Waals surface area contributed by atoms with Crippen LogP contribution in [0.3, 0.4) is 0 Å². The van der Waals surface area contributed by atoms with Gasteiger partial charge in [-0.3, -0.25) is 0 Å². The predicted molar refractivity (Wildman–Crippen MR) is 50.8 cm³/mol. The number of rotatable bonds is 4. The molecule has 0 atom stereocenters. The highest BCUT2D eigenvalue weighted by molar-refractivity contribution is 5.42. The fourth-order valence-electron chi connectivity index (χ4n) is 1.04. The van der Waals surface area contributed by atoms with Gasteiger partial charge in [-0.2, -0.15) is 4.98 Å². The summed E-state index contributed by atoms with van der Waals surface area (Å²) >= 11 is 0. The SMILES string of the molecule is CNc1ncc(F)c(N(C)CC(F)F)n1. The van der Waals surface area contributed by atoms with Crippen molar-refractivity contribution in [2.24, 2.45) is 0 Å². The van der Waals surface area contributed by atoms with Crippen LogP contribution >= 0.6 is 0 Å². The standard InChI is InChI=1S/C8H11F3N4/c1-12-8-13-3-5(9)7(14-8)15(2)4-6(10)11/h3,6H,4H2,1-2H3,(H,12,13,14). The van der Waals surface area contributed by atoms with E-state index in [9.17, 15) is 13.2 Å². The Morgan fingerprint density at radius 1 is 1.53 bits per heavy atom. The van der Waals surface area contributed by atoms with Crippen LogP contribution in [0.25, 0.3) is 0 Å². The van der Waals surface area contributed by atoms with Crippen molar-refractivity contribution in [3.8, 4) is 0 Å². The third-order valence-corrected chi connectivity index (χ3v) is 1.72. The number of halogens is 3. The van der Waals surface area contributed by atoms with E-state index in [1.54, 1.807) is 7.05 Å². The first kappa shape index (κ1) is 11.5. The number of alkyl halides is 2. The monoisotopic (exact) mass is 220 g/mol. The molecular weight excluding hydrogens is 209 g/mol. The van der Waals surface area contributed by atoms with Gasteiger partial charge in [0.05, 0.1) is 12.7 Å². The number of aromatic nitrogens is 2. The molecule has 0 aliphatic heterocycles. The highest BCUT2D eigenvalue weighted by Crippen LogP contribution is 2.16. The lowest BCUT2D eigenvalue weighted by Gasteiger charge is -2.18. The number of hydrogen-bond donors (Lipinski definition) is 1. The van der Waals surface area contributed by atoms with Crippen molar-refractivity contribution >= 4 is 11.8 Å². The van der Waals surface area contributed by atoms with Gasteiger partial charge >= 0.3 is 0 Å². The third kappa shape index (κ3) is 2.97. The second-order valence-electron chi connectivity index (χ2n) is 2.89. The summed E-state index contributed by atoms with van der Waals surface area (Å²) in [5.41, 5.74) is 0. The minimum atomic E-state index is -2.54. The summed E-state index contributed by atoms with van der Waals surface area (Å²) in [6, 6.07) is 0. The Labute approximate surface area is 85.1 Å². The Bertz CT molecular complexity index is 332. The molecular formula is C8H11F3N4. The second-order valence-corrected chi connectivity index (χ2v) is 2.89. The molecule has 84 valence electrons. The fraction of sp³-hybridized carbons (Fsp3) is 0.500. The van der Waals surface area contributed by atoms with E-state index in [-0.39, 0.29) is 11.8 Å². The first-order chi connectivity index (χ1) is 7.04. The normalized spacial score (nSPS) is 10.5. The molecule has 0 amide bonds. The van der Waals surface area contributed by atoms with Gasteiger partial charge in [0.15, 0.2) is 11.6 Å². The fourth-order valence-corrected chi connectivity index (χ4v) is 1.04. The number of nitrogens with zero attached hydrogens (tertiary/aromatic N) is 3. The van der Waals surface area contributed by atoms with Gasteiger partial charge in [-0.15, -0.1) is 0 Å². The Morgan fingerprint density at radius 2 is 2.20 bits per heavy atom. The zero-order chi connectivity index (χ0) is 11.4. The summed E-state index contributed by atoms with van der Waals surface area (Å²) in [6.07, 6.45) is -1.60. The molecule has 4 nitrogen and oxygen atoms in total. The largest absolute Gasteiger partial charge is 0.357 e. The van der Waals surface area contributed by atoms with Crippen molar-refractivity contribution in [2.75, 3.05) is 30.9 Å². The molecule has 15 heavy (non-hydrogen) atoms. The molecule has 0 saturated carbocycles. The van der Waals surface area contributed by atoms with Crippen LogP contribution < -0.4 is 10.2 Å². The van der Waals surface area contributed by atoms with Gasteiger partial charge in [0, 0.05) is 14.1 Å². The van der Waals surface area contributed by atoms with Gasteiger partial charge in [0.25, 0.3) is 6.43 Å². The van der Waals surface area contributed by atoms with Crippen molar-refractivity contribution in [1.82, 2.24) is 9.97 Å². The Morgan fingerprint density at radius 3 is 2.73 bits per heavy atom. The van der Waals surface area contributed by atoms with Gasteiger partial charge in [-0.25, -0.2) is 18.2 Å². The summed E-state index contributed by atoms with van der Waals surface area (Å²) in [4.78, 5) is 8.39. The Kier molecular flexibility index (Phi) is 3.70. The lowest BCUT2D eigenvalue weighted by atomic mass is 10.4. The molecule has 0 unspecified atom stereocenters. The summed E-state index contributed by atoms with van der Waals surface area (Å²) < 4.78 is 37.3. The molecule has 0 bridgehead atoms. The van der Waals surface area contributed by atoms with Crippen molar-refractivity contribution < 1.29 is 13.2 Å². The smallest absolute Gasteiger partial charge is 0.255 e. The maximum absolute atomic E-state index is 13.2. The Balaban J connectivity index is 2.91. The molecule has 0 spiro atoms. The quantitative estimate of drug-likeness (QED) is 0.831. The first-order valence-electron chi connectivity index (χ1n) is 4.24. The van der Waals surface area contributed by atoms with E-state index in [1.165, 1.54) is 7.05 Å². The van der Waals surface area contributed by atoms with Crippen LogP contribution in [0.15, 0.2) is 6.20 Å². The zero-order valence-electron chi connectivity index (χ0n) is 8.34. The van der Waals surface area contributed by atoms with E-state index in [0.717, 1.165) is 11.1 Å². The van der Waals surface area contributed by atoms with Crippen LogP contribution in [0.4, 0.5) is 24.9 Å². The highest BCUT2D eigenvalue weighted by Gasteiger charge is 2.14. The summed E-state index contributed by atoms with van der Waals surface area (Å²) in [7, 11) is 2.90. The molecule has 0 radical (unpaired) electrons. The first-order valence-corrected chi connectivity index (χ1v) is 4.24. The average Bonchev–Trinajstić information content (AvgIpc) is 2.17. The van der Waals surface area contributed by atoms with Gasteiger partial charge < -0.3 is 10.2 Å². The van der Waals surface area contributed by atoms with Gasteiger partial charge in [-0.1, -0.05) is 0 Å². The van der Waals surface area contributed by atoms with Crippen LogP contribution in [0, 0.1) is 5.82 Å². The van der Waals surface area contributed by atoms with Crippen LogP contribution in [0.1, 0.15) is 0 Å². The minimum absolute atomic E-state index is 0.144. The molecule has 1 heterocycles. The molecule has 1 rings (SSSR count). The second kappa shape index (κ2) is 4.81. The van der Waals surface area contributed by atoms with Crippen molar-refractivity contribution in [3.63, 3.8) is 0 Å². The molecule has 1 aromatic heterocycles. The summed E-state index contributed by atoms with van der Waals surface area (Å²) in [5, 5.41) is 2.60. The Hall–Kier alpha value is -1.53.